The zero-order chi connectivity index (χ0) is 11.5. The van der Waals surface area contributed by atoms with Crippen LogP contribution in [0.2, 0.25) is 0 Å². The summed E-state index contributed by atoms with van der Waals surface area (Å²) in [4.78, 5) is 12.4. The summed E-state index contributed by atoms with van der Waals surface area (Å²) in [7, 11) is 1.57. The van der Waals surface area contributed by atoms with Gasteiger partial charge in [0.2, 0.25) is 5.79 Å². The third-order valence-electron chi connectivity index (χ3n) is 4.39. The van der Waals surface area contributed by atoms with Crippen LogP contribution in [0.4, 0.5) is 0 Å². The van der Waals surface area contributed by atoms with Gasteiger partial charge in [0.25, 0.3) is 0 Å². The van der Waals surface area contributed by atoms with Crippen LogP contribution in [0.1, 0.15) is 6.92 Å². The van der Waals surface area contributed by atoms with E-state index in [1.807, 2.05) is 6.08 Å². The highest BCUT2D eigenvalue weighted by molar-refractivity contribution is 5.94. The predicted molar refractivity (Wildman–Crippen MR) is 58.6 cm³/mol. The van der Waals surface area contributed by atoms with Crippen LogP contribution < -0.4 is 0 Å². The van der Waals surface area contributed by atoms with Crippen molar-refractivity contribution in [3.63, 3.8) is 0 Å². The molecule has 0 radical (unpaired) electrons. The first kappa shape index (κ1) is 10.2. The van der Waals surface area contributed by atoms with Crippen LogP contribution >= 0.6 is 0 Å². The Morgan fingerprint density at radius 2 is 2.44 bits per heavy atom. The topological polar surface area (TPSA) is 35.5 Å². The second-order valence-corrected chi connectivity index (χ2v) is 4.94. The molecule has 0 aromatic rings. The minimum Gasteiger partial charge on any atom is -0.346 e. The molecule has 1 heterocycles. The van der Waals surface area contributed by atoms with Crippen molar-refractivity contribution < 1.29 is 14.3 Å². The van der Waals surface area contributed by atoms with E-state index < -0.39 is 5.79 Å². The fourth-order valence-corrected chi connectivity index (χ4v) is 3.74. The molecule has 0 aromatic carbocycles. The van der Waals surface area contributed by atoms with Crippen molar-refractivity contribution in [2.24, 2.45) is 23.7 Å². The average Bonchev–Trinajstić information content (AvgIpc) is 2.65. The number of methoxy groups -OCH3 is 1. The van der Waals surface area contributed by atoms with Gasteiger partial charge in [0.1, 0.15) is 0 Å². The van der Waals surface area contributed by atoms with Crippen LogP contribution in [0.3, 0.4) is 0 Å². The van der Waals surface area contributed by atoms with Gasteiger partial charge in [-0.3, -0.25) is 4.79 Å². The Bertz CT molecular complexity index is 398. The second kappa shape index (κ2) is 3.05. The van der Waals surface area contributed by atoms with E-state index in [1.54, 1.807) is 7.11 Å². The van der Waals surface area contributed by atoms with Crippen molar-refractivity contribution in [2.75, 3.05) is 13.7 Å². The summed E-state index contributed by atoms with van der Waals surface area (Å²) in [5.41, 5.74) is 1.23. The lowest BCUT2D eigenvalue weighted by molar-refractivity contribution is -0.217. The second-order valence-electron chi connectivity index (χ2n) is 4.94. The third kappa shape index (κ3) is 0.897. The molecule has 0 spiro atoms. The minimum absolute atomic E-state index is 0.0734. The van der Waals surface area contributed by atoms with Gasteiger partial charge in [-0.15, -0.1) is 6.58 Å². The maximum atomic E-state index is 12.4. The fourth-order valence-electron chi connectivity index (χ4n) is 3.74. The number of hydrogen-bond acceptors (Lipinski definition) is 3. The standard InChI is InChI=1S/C13H16O3/c1-4-8-9-5-7(2)11-10(8)6-16-13(11,15-3)12(9)14/h4-5,8-11H,1,6H2,2-3H3/t8-,9+,10+,11-,13+/m0/s1. The maximum Gasteiger partial charge on any atom is 0.236 e. The van der Waals surface area contributed by atoms with Gasteiger partial charge in [-0.2, -0.15) is 0 Å². The number of Topliss-reactive ketones (excluding diaryl/α,β-unsaturated/α-hetero) is 1. The molecule has 3 aliphatic carbocycles. The van der Waals surface area contributed by atoms with Gasteiger partial charge in [-0.25, -0.2) is 0 Å². The summed E-state index contributed by atoms with van der Waals surface area (Å²) < 4.78 is 11.1. The van der Waals surface area contributed by atoms with E-state index in [0.29, 0.717) is 12.5 Å². The molecule has 3 nitrogen and oxygen atoms in total. The Kier molecular flexibility index (Phi) is 1.95. The van der Waals surface area contributed by atoms with Crippen molar-refractivity contribution in [3.05, 3.63) is 24.3 Å². The van der Waals surface area contributed by atoms with E-state index in [-0.39, 0.29) is 23.5 Å². The van der Waals surface area contributed by atoms with Crippen LogP contribution in [0.5, 0.6) is 0 Å². The molecule has 2 fully saturated rings. The largest absolute Gasteiger partial charge is 0.346 e. The summed E-state index contributed by atoms with van der Waals surface area (Å²) in [6.45, 7) is 6.52. The summed E-state index contributed by atoms with van der Waals surface area (Å²) in [5, 5.41) is 0. The van der Waals surface area contributed by atoms with E-state index in [4.69, 9.17) is 9.47 Å². The van der Waals surface area contributed by atoms with Crippen molar-refractivity contribution in [1.82, 2.24) is 0 Å². The Morgan fingerprint density at radius 1 is 1.69 bits per heavy atom. The molecular weight excluding hydrogens is 204 g/mol. The van der Waals surface area contributed by atoms with Crippen molar-refractivity contribution in [3.8, 4) is 0 Å². The van der Waals surface area contributed by atoms with Gasteiger partial charge in [0, 0.05) is 24.9 Å². The van der Waals surface area contributed by atoms with Crippen molar-refractivity contribution >= 4 is 5.78 Å². The quantitative estimate of drug-likeness (QED) is 0.662. The Labute approximate surface area is 95.1 Å². The zero-order valence-electron chi connectivity index (χ0n) is 9.60. The fraction of sp³-hybridized carbons (Fsp3) is 0.615. The van der Waals surface area contributed by atoms with Gasteiger partial charge < -0.3 is 9.47 Å². The van der Waals surface area contributed by atoms with E-state index >= 15 is 0 Å². The molecule has 0 N–H and O–H groups in total. The molecule has 0 unspecified atom stereocenters. The lowest BCUT2D eigenvalue weighted by Crippen LogP contribution is -2.58. The van der Waals surface area contributed by atoms with Gasteiger partial charge in [-0.1, -0.05) is 17.7 Å². The summed E-state index contributed by atoms with van der Waals surface area (Å²) >= 11 is 0. The lowest BCUT2D eigenvalue weighted by atomic mass is 9.58. The van der Waals surface area contributed by atoms with Crippen LogP contribution in [0, 0.1) is 23.7 Å². The number of ether oxygens (including phenoxy) is 2. The normalized spacial score (nSPS) is 49.4. The highest BCUT2D eigenvalue weighted by Crippen LogP contribution is 2.57. The molecule has 0 amide bonds. The maximum absolute atomic E-state index is 12.4. The van der Waals surface area contributed by atoms with E-state index in [0.717, 1.165) is 0 Å². The number of carbonyl (C=O) groups is 1. The lowest BCUT2D eigenvalue weighted by Gasteiger charge is -2.47. The third-order valence-corrected chi connectivity index (χ3v) is 4.39. The number of ketones is 1. The molecule has 4 rings (SSSR count). The van der Waals surface area contributed by atoms with E-state index in [1.165, 1.54) is 5.57 Å². The van der Waals surface area contributed by atoms with Crippen LogP contribution in [0.25, 0.3) is 0 Å². The predicted octanol–water partition coefficient (Wildman–Crippen LogP) is 1.55. The van der Waals surface area contributed by atoms with Gasteiger partial charge >= 0.3 is 0 Å². The first-order valence-corrected chi connectivity index (χ1v) is 5.70. The van der Waals surface area contributed by atoms with E-state index in [9.17, 15) is 4.79 Å². The first-order valence-electron chi connectivity index (χ1n) is 5.70. The Morgan fingerprint density at radius 3 is 3.06 bits per heavy atom. The highest BCUT2D eigenvalue weighted by Gasteiger charge is 2.66. The van der Waals surface area contributed by atoms with E-state index in [2.05, 4.69) is 19.6 Å². The summed E-state index contributed by atoms with van der Waals surface area (Å²) in [5.74, 6) is -0.373. The molecule has 0 aromatic heterocycles. The summed E-state index contributed by atoms with van der Waals surface area (Å²) in [6.07, 6.45) is 3.97. The zero-order valence-corrected chi connectivity index (χ0v) is 9.60. The molecule has 86 valence electrons. The molecular formula is C13H16O3. The number of allylic oxidation sites excluding steroid dienone is 2. The van der Waals surface area contributed by atoms with Gasteiger partial charge in [-0.05, 0) is 12.8 Å². The van der Waals surface area contributed by atoms with Crippen molar-refractivity contribution in [1.29, 1.82) is 0 Å². The molecule has 1 saturated heterocycles. The SMILES string of the molecule is C=C[C@@H]1[C@H]2CO[C@@]3(OC)C(=O)[C@@H]1C=C(C)[C@@H]23. The van der Waals surface area contributed by atoms with Crippen molar-refractivity contribution in [2.45, 2.75) is 12.7 Å². The number of rotatable bonds is 2. The molecule has 4 aliphatic rings. The molecule has 1 aliphatic heterocycles. The van der Waals surface area contributed by atoms with Crippen LogP contribution in [-0.2, 0) is 14.3 Å². The molecule has 1 saturated carbocycles. The Hall–Kier alpha value is -0.930. The average molecular weight is 220 g/mol. The molecule has 3 heteroatoms. The smallest absolute Gasteiger partial charge is 0.236 e. The van der Waals surface area contributed by atoms with Gasteiger partial charge in [0.05, 0.1) is 6.61 Å². The number of hydrogen-bond donors (Lipinski definition) is 0. The molecule has 4 bridgehead atoms. The monoisotopic (exact) mass is 220 g/mol. The molecule has 5 atom stereocenters. The Balaban J connectivity index is 2.17. The minimum atomic E-state index is -0.992. The summed E-state index contributed by atoms with van der Waals surface area (Å²) in [6, 6.07) is 0. The molecule has 16 heavy (non-hydrogen) atoms. The van der Waals surface area contributed by atoms with Crippen LogP contribution in [0.15, 0.2) is 24.3 Å². The first-order chi connectivity index (χ1) is 7.65. The number of carbonyl (C=O) groups excluding carboxylic acids is 1. The van der Waals surface area contributed by atoms with Crippen LogP contribution in [-0.4, -0.2) is 25.3 Å². The highest BCUT2D eigenvalue weighted by atomic mass is 16.7. The van der Waals surface area contributed by atoms with Gasteiger partial charge in [0.15, 0.2) is 5.78 Å².